The number of nitriles is 1. The summed E-state index contributed by atoms with van der Waals surface area (Å²) < 4.78 is 4.44. The van der Waals surface area contributed by atoms with Gasteiger partial charge in [-0.15, -0.1) is 0 Å². The second kappa shape index (κ2) is 9.52. The van der Waals surface area contributed by atoms with Gasteiger partial charge in [0.05, 0.1) is 56.2 Å². The first-order valence-electron chi connectivity index (χ1n) is 15.1. The highest BCUT2D eigenvalue weighted by Crippen LogP contribution is 2.44. The van der Waals surface area contributed by atoms with Crippen molar-refractivity contribution in [3.8, 4) is 17.4 Å². The molecule has 0 N–H and O–H groups in total. The normalized spacial score (nSPS) is 12.9. The van der Waals surface area contributed by atoms with Crippen LogP contribution in [0.1, 0.15) is 31.8 Å². The number of carbonyl (C=O) groups excluding carboxylic acids is 2. The van der Waals surface area contributed by atoms with Gasteiger partial charge in [-0.1, -0.05) is 72.3 Å². The van der Waals surface area contributed by atoms with Crippen molar-refractivity contribution in [2.75, 3.05) is 4.90 Å². The Morgan fingerprint density at radius 1 is 0.565 bits per heavy atom. The smallest absolute Gasteiger partial charge is 0.266 e. The van der Waals surface area contributed by atoms with Crippen molar-refractivity contribution in [2.24, 2.45) is 0 Å². The zero-order valence-corrected chi connectivity index (χ0v) is 24.7. The fourth-order valence-electron chi connectivity index (χ4n) is 7.10. The third kappa shape index (κ3) is 3.45. The molecule has 0 aliphatic carbocycles. The molecule has 0 spiro atoms. The molecule has 3 heterocycles. The average molecular weight is 593 g/mol. The van der Waals surface area contributed by atoms with E-state index in [-0.39, 0.29) is 0 Å². The molecule has 6 nitrogen and oxygen atoms in total. The fraction of sp³-hybridized carbons (Fsp3) is 0.0250. The highest BCUT2D eigenvalue weighted by molar-refractivity contribution is 6.35. The van der Waals surface area contributed by atoms with Crippen molar-refractivity contribution in [3.63, 3.8) is 0 Å². The summed E-state index contributed by atoms with van der Waals surface area (Å²) in [7, 11) is 0. The van der Waals surface area contributed by atoms with Crippen LogP contribution in [0.15, 0.2) is 127 Å². The van der Waals surface area contributed by atoms with Crippen LogP contribution in [0, 0.1) is 18.3 Å². The number of benzene rings is 6. The molecule has 1 aliphatic heterocycles. The Hall–Kier alpha value is -6.45. The van der Waals surface area contributed by atoms with Crippen molar-refractivity contribution in [1.29, 1.82) is 5.26 Å². The molecular formula is C40H24N4O2. The van der Waals surface area contributed by atoms with E-state index in [0.717, 1.165) is 49.3 Å². The molecule has 0 atom stereocenters. The number of nitrogens with zero attached hydrogens (tertiary/aromatic N) is 4. The largest absolute Gasteiger partial charge is 0.309 e. The average Bonchev–Trinajstić information content (AvgIpc) is 3.70. The summed E-state index contributed by atoms with van der Waals surface area (Å²) >= 11 is 0. The number of aryl methyl sites for hydroxylation is 1. The minimum Gasteiger partial charge on any atom is -0.309 e. The summed E-state index contributed by atoms with van der Waals surface area (Å²) in [5, 5.41) is 14.3. The van der Waals surface area contributed by atoms with E-state index in [1.54, 1.807) is 36.4 Å². The minimum atomic E-state index is -0.403. The monoisotopic (exact) mass is 592 g/mol. The number of carbonyl (C=O) groups is 2. The van der Waals surface area contributed by atoms with Crippen LogP contribution in [0.5, 0.6) is 0 Å². The molecule has 6 heteroatoms. The van der Waals surface area contributed by atoms with Gasteiger partial charge in [-0.05, 0) is 67.6 Å². The lowest BCUT2D eigenvalue weighted by Crippen LogP contribution is -2.30. The van der Waals surface area contributed by atoms with Gasteiger partial charge in [0.25, 0.3) is 11.8 Å². The zero-order chi connectivity index (χ0) is 31.1. The van der Waals surface area contributed by atoms with Gasteiger partial charge in [0.15, 0.2) is 0 Å². The minimum absolute atomic E-state index is 0.354. The maximum atomic E-state index is 13.8. The number of hydrogen-bond acceptors (Lipinski definition) is 3. The van der Waals surface area contributed by atoms with Crippen LogP contribution in [0.4, 0.5) is 5.69 Å². The first kappa shape index (κ1) is 26.0. The summed E-state index contributed by atoms with van der Waals surface area (Å²) in [5.74, 6) is -0.806. The zero-order valence-electron chi connectivity index (χ0n) is 24.7. The van der Waals surface area contributed by atoms with Gasteiger partial charge in [0.1, 0.15) is 0 Å². The summed E-state index contributed by atoms with van der Waals surface area (Å²) in [6.45, 7) is 2.09. The first-order valence-corrected chi connectivity index (χ1v) is 15.1. The number of fused-ring (bicyclic) bond motifs is 8. The molecule has 0 unspecified atom stereocenters. The molecule has 0 fully saturated rings. The van der Waals surface area contributed by atoms with Crippen LogP contribution in [0.3, 0.4) is 0 Å². The molecule has 0 bridgehead atoms. The Kier molecular flexibility index (Phi) is 5.38. The van der Waals surface area contributed by atoms with E-state index < -0.39 is 11.8 Å². The molecule has 2 amide bonds. The van der Waals surface area contributed by atoms with E-state index in [0.29, 0.717) is 28.1 Å². The highest BCUT2D eigenvalue weighted by atomic mass is 16.2. The van der Waals surface area contributed by atoms with Gasteiger partial charge in [0, 0.05) is 27.2 Å². The van der Waals surface area contributed by atoms with E-state index in [2.05, 4.69) is 94.9 Å². The first-order chi connectivity index (χ1) is 22.5. The molecule has 8 aromatic rings. The number of imide groups is 1. The van der Waals surface area contributed by atoms with Gasteiger partial charge in [0.2, 0.25) is 0 Å². The number of hydrogen-bond donors (Lipinski definition) is 0. The van der Waals surface area contributed by atoms with Crippen LogP contribution < -0.4 is 4.90 Å². The second-order valence-electron chi connectivity index (χ2n) is 11.7. The molecule has 216 valence electrons. The highest BCUT2D eigenvalue weighted by Gasteiger charge is 2.38. The van der Waals surface area contributed by atoms with E-state index >= 15 is 0 Å². The number of para-hydroxylation sites is 2. The van der Waals surface area contributed by atoms with E-state index in [9.17, 15) is 14.9 Å². The predicted molar refractivity (Wildman–Crippen MR) is 182 cm³/mol. The van der Waals surface area contributed by atoms with Crippen LogP contribution in [0.25, 0.3) is 55.0 Å². The van der Waals surface area contributed by atoms with Crippen molar-refractivity contribution in [1.82, 2.24) is 9.13 Å². The lowest BCUT2D eigenvalue weighted by atomic mass is 10.1. The van der Waals surface area contributed by atoms with E-state index in [1.807, 2.05) is 18.2 Å². The molecule has 0 saturated heterocycles. The molecular weight excluding hydrogens is 568 g/mol. The summed E-state index contributed by atoms with van der Waals surface area (Å²) in [6, 6.07) is 43.8. The number of anilines is 1. The molecule has 46 heavy (non-hydrogen) atoms. The van der Waals surface area contributed by atoms with Crippen LogP contribution in [-0.2, 0) is 0 Å². The lowest BCUT2D eigenvalue weighted by Gasteiger charge is -2.20. The SMILES string of the molecule is Cc1ccc(-n2c3ccccc3c3ccc4c(c5ccccc5n4-c4ccc(C#N)cc4N4C(=O)c5ccccc5C4=O)c32)cc1. The summed E-state index contributed by atoms with van der Waals surface area (Å²) in [4.78, 5) is 28.7. The van der Waals surface area contributed by atoms with Crippen LogP contribution in [-0.4, -0.2) is 20.9 Å². The topological polar surface area (TPSA) is 71.0 Å². The fourth-order valence-corrected chi connectivity index (χ4v) is 7.10. The summed E-state index contributed by atoms with van der Waals surface area (Å²) in [5.41, 5.74) is 8.35. The predicted octanol–water partition coefficient (Wildman–Crippen LogP) is 8.86. The van der Waals surface area contributed by atoms with Gasteiger partial charge in [-0.3, -0.25) is 9.59 Å². The van der Waals surface area contributed by atoms with E-state index in [1.165, 1.54) is 10.5 Å². The summed E-state index contributed by atoms with van der Waals surface area (Å²) in [6.07, 6.45) is 0. The van der Waals surface area contributed by atoms with Crippen molar-refractivity contribution in [3.05, 3.63) is 150 Å². The maximum Gasteiger partial charge on any atom is 0.266 e. The Balaban J connectivity index is 1.41. The van der Waals surface area contributed by atoms with Crippen molar-refractivity contribution in [2.45, 2.75) is 6.92 Å². The Labute approximate surface area is 263 Å². The molecule has 1 aliphatic rings. The number of rotatable bonds is 3. The van der Waals surface area contributed by atoms with Gasteiger partial charge in [-0.2, -0.15) is 5.26 Å². The van der Waals surface area contributed by atoms with Crippen molar-refractivity contribution >= 4 is 61.1 Å². The Bertz CT molecular complexity index is 2620. The van der Waals surface area contributed by atoms with Gasteiger partial charge < -0.3 is 9.13 Å². The third-order valence-corrected chi connectivity index (χ3v) is 9.14. The van der Waals surface area contributed by atoms with E-state index in [4.69, 9.17) is 0 Å². The molecule has 2 aromatic heterocycles. The second-order valence-corrected chi connectivity index (χ2v) is 11.7. The third-order valence-electron chi connectivity index (χ3n) is 9.14. The molecule has 0 saturated carbocycles. The van der Waals surface area contributed by atoms with Gasteiger partial charge >= 0.3 is 0 Å². The molecule has 0 radical (unpaired) electrons. The standard InChI is InChI=1S/C40H24N4O2/c1-24-14-17-26(18-15-24)42-32-12-6-4-8-27(32)28-19-21-35-37(38(28)42)31-11-5-7-13-33(31)43(35)34-20-16-25(23-41)22-36(34)44-39(45)29-9-2-3-10-30(29)40(44)46/h2-22H,1H3. The Morgan fingerprint density at radius 3 is 1.89 bits per heavy atom. The molecule has 9 rings (SSSR count). The number of aromatic nitrogens is 2. The van der Waals surface area contributed by atoms with Crippen LogP contribution in [0.2, 0.25) is 0 Å². The number of amides is 2. The quantitative estimate of drug-likeness (QED) is 0.192. The van der Waals surface area contributed by atoms with Gasteiger partial charge in [-0.25, -0.2) is 4.90 Å². The van der Waals surface area contributed by atoms with Crippen molar-refractivity contribution < 1.29 is 9.59 Å². The molecule has 6 aromatic carbocycles. The maximum absolute atomic E-state index is 13.8. The Morgan fingerprint density at radius 2 is 1.20 bits per heavy atom. The lowest BCUT2D eigenvalue weighted by molar-refractivity contribution is 0.0926. The van der Waals surface area contributed by atoms with Crippen LogP contribution >= 0.6 is 0 Å².